The Morgan fingerprint density at radius 2 is 1.63 bits per heavy atom. The van der Waals surface area contributed by atoms with Crippen LogP contribution in [0.3, 0.4) is 0 Å². The van der Waals surface area contributed by atoms with E-state index in [0.29, 0.717) is 18.1 Å². The second-order valence-electron chi connectivity index (χ2n) is 6.04. The van der Waals surface area contributed by atoms with Crippen molar-refractivity contribution in [1.29, 1.82) is 0 Å². The second kappa shape index (κ2) is 8.34. The first-order valence-corrected chi connectivity index (χ1v) is 7.42. The Morgan fingerprint density at radius 1 is 1.00 bits per heavy atom. The van der Waals surface area contributed by atoms with Gasteiger partial charge in [0.15, 0.2) is 0 Å². The molecule has 0 aliphatic heterocycles. The maximum absolute atomic E-state index is 6.24. The fourth-order valence-corrected chi connectivity index (χ4v) is 2.25. The first-order valence-electron chi connectivity index (χ1n) is 7.42. The molecule has 0 saturated heterocycles. The molecule has 2 heteroatoms. The van der Waals surface area contributed by atoms with Crippen LogP contribution in [-0.2, 0) is 4.74 Å². The highest BCUT2D eigenvalue weighted by molar-refractivity contribution is 5.18. The van der Waals surface area contributed by atoms with E-state index in [1.54, 1.807) is 0 Å². The Morgan fingerprint density at radius 3 is 2.16 bits per heavy atom. The molecule has 0 radical (unpaired) electrons. The van der Waals surface area contributed by atoms with E-state index in [-0.39, 0.29) is 6.10 Å². The zero-order chi connectivity index (χ0) is 14.3. The Kier molecular flexibility index (Phi) is 7.11. The van der Waals surface area contributed by atoms with Crippen LogP contribution in [0.25, 0.3) is 0 Å². The summed E-state index contributed by atoms with van der Waals surface area (Å²) in [6.45, 7) is 11.8. The zero-order valence-corrected chi connectivity index (χ0v) is 13.0. The number of nitrogens with one attached hydrogen (secondary N) is 1. The lowest BCUT2D eigenvalue weighted by molar-refractivity contribution is -0.0134. The summed E-state index contributed by atoms with van der Waals surface area (Å²) in [4.78, 5) is 0. The van der Waals surface area contributed by atoms with Gasteiger partial charge in [-0.15, -0.1) is 0 Å². The van der Waals surface area contributed by atoms with Gasteiger partial charge in [-0.25, -0.2) is 0 Å². The van der Waals surface area contributed by atoms with Gasteiger partial charge in [-0.05, 0) is 24.8 Å². The third kappa shape index (κ3) is 6.74. The van der Waals surface area contributed by atoms with Crippen LogP contribution in [0.15, 0.2) is 30.3 Å². The minimum absolute atomic E-state index is 0.136. The van der Waals surface area contributed by atoms with Gasteiger partial charge in [-0.3, -0.25) is 0 Å². The summed E-state index contributed by atoms with van der Waals surface area (Å²) >= 11 is 0. The van der Waals surface area contributed by atoms with Crippen molar-refractivity contribution in [3.05, 3.63) is 35.9 Å². The predicted octanol–water partition coefficient (Wildman–Crippen LogP) is 4.18. The molecule has 1 aromatic rings. The molecule has 19 heavy (non-hydrogen) atoms. The minimum atomic E-state index is 0.136. The molecule has 108 valence electrons. The summed E-state index contributed by atoms with van der Waals surface area (Å²) in [7, 11) is 0. The smallest absolute Gasteiger partial charge is 0.0952 e. The number of rotatable bonds is 8. The van der Waals surface area contributed by atoms with Gasteiger partial charge in [-0.1, -0.05) is 58.0 Å². The molecule has 0 bridgehead atoms. The van der Waals surface area contributed by atoms with Crippen molar-refractivity contribution in [3.63, 3.8) is 0 Å². The van der Waals surface area contributed by atoms with Crippen LogP contribution in [0.2, 0.25) is 0 Å². The van der Waals surface area contributed by atoms with Gasteiger partial charge in [0.05, 0.1) is 12.2 Å². The monoisotopic (exact) mass is 263 g/mol. The summed E-state index contributed by atoms with van der Waals surface area (Å²) in [5, 5.41) is 3.48. The number of ether oxygens (including phenoxy) is 1. The van der Waals surface area contributed by atoms with Crippen molar-refractivity contribution in [1.82, 2.24) is 5.32 Å². The van der Waals surface area contributed by atoms with E-state index in [4.69, 9.17) is 4.74 Å². The standard InChI is InChI=1S/C17H29NO/c1-13(2)11-15(5)19-17(12-18-14(3)4)16-9-7-6-8-10-16/h6-10,13-15,17-18H,11-12H2,1-5H3. The van der Waals surface area contributed by atoms with Crippen LogP contribution in [0.4, 0.5) is 0 Å². The van der Waals surface area contributed by atoms with Crippen LogP contribution in [-0.4, -0.2) is 18.7 Å². The SMILES string of the molecule is CC(C)CC(C)OC(CNC(C)C)c1ccccc1. The highest BCUT2D eigenvalue weighted by Gasteiger charge is 2.16. The first kappa shape index (κ1) is 16.2. The maximum Gasteiger partial charge on any atom is 0.0952 e. The third-order valence-electron chi connectivity index (χ3n) is 3.08. The number of hydrogen-bond acceptors (Lipinski definition) is 2. The molecule has 2 unspecified atom stereocenters. The quantitative estimate of drug-likeness (QED) is 0.760. The molecule has 0 amide bonds. The lowest BCUT2D eigenvalue weighted by Gasteiger charge is -2.25. The molecule has 1 N–H and O–H groups in total. The Balaban J connectivity index is 2.64. The van der Waals surface area contributed by atoms with Crippen molar-refractivity contribution in [2.45, 2.75) is 59.3 Å². The molecule has 2 nitrogen and oxygen atoms in total. The van der Waals surface area contributed by atoms with E-state index in [1.165, 1.54) is 5.56 Å². The summed E-state index contributed by atoms with van der Waals surface area (Å²) in [5.41, 5.74) is 1.26. The average Bonchev–Trinajstić information content (AvgIpc) is 2.34. The van der Waals surface area contributed by atoms with Crippen LogP contribution in [0.1, 0.15) is 52.7 Å². The van der Waals surface area contributed by atoms with Crippen LogP contribution in [0.5, 0.6) is 0 Å². The van der Waals surface area contributed by atoms with Crippen molar-refractivity contribution in [2.75, 3.05) is 6.54 Å². The first-order chi connectivity index (χ1) is 8.99. The van der Waals surface area contributed by atoms with Crippen LogP contribution in [0, 0.1) is 5.92 Å². The Bertz CT molecular complexity index is 334. The second-order valence-corrected chi connectivity index (χ2v) is 6.04. The minimum Gasteiger partial charge on any atom is -0.369 e. The molecule has 1 rings (SSSR count). The third-order valence-corrected chi connectivity index (χ3v) is 3.08. The fourth-order valence-electron chi connectivity index (χ4n) is 2.25. The molecular weight excluding hydrogens is 234 g/mol. The predicted molar refractivity (Wildman–Crippen MR) is 82.3 cm³/mol. The molecule has 2 atom stereocenters. The maximum atomic E-state index is 6.24. The Hall–Kier alpha value is -0.860. The summed E-state index contributed by atoms with van der Waals surface area (Å²) < 4.78 is 6.24. The Labute approximate surface area is 118 Å². The van der Waals surface area contributed by atoms with Crippen LogP contribution < -0.4 is 5.32 Å². The van der Waals surface area contributed by atoms with Gasteiger partial charge in [0, 0.05) is 12.6 Å². The highest BCUT2D eigenvalue weighted by Crippen LogP contribution is 2.21. The summed E-state index contributed by atoms with van der Waals surface area (Å²) in [6.07, 6.45) is 1.53. The normalized spacial score (nSPS) is 14.9. The van der Waals surface area contributed by atoms with E-state index in [1.807, 2.05) is 6.07 Å². The molecule has 0 aliphatic carbocycles. The molecule has 0 heterocycles. The van der Waals surface area contributed by atoms with Gasteiger partial charge in [0.1, 0.15) is 0 Å². The summed E-state index contributed by atoms with van der Waals surface area (Å²) in [6, 6.07) is 11.0. The summed E-state index contributed by atoms with van der Waals surface area (Å²) in [5.74, 6) is 0.671. The van der Waals surface area contributed by atoms with Crippen molar-refractivity contribution in [2.24, 2.45) is 5.92 Å². The number of hydrogen-bond donors (Lipinski definition) is 1. The largest absolute Gasteiger partial charge is 0.369 e. The van der Waals surface area contributed by atoms with E-state index < -0.39 is 0 Å². The topological polar surface area (TPSA) is 21.3 Å². The van der Waals surface area contributed by atoms with Gasteiger partial charge >= 0.3 is 0 Å². The lowest BCUT2D eigenvalue weighted by atomic mass is 10.1. The molecule has 0 spiro atoms. The molecule has 0 aliphatic rings. The van der Waals surface area contributed by atoms with Crippen LogP contribution >= 0.6 is 0 Å². The lowest BCUT2D eigenvalue weighted by Crippen LogP contribution is -2.31. The van der Waals surface area contributed by atoms with E-state index >= 15 is 0 Å². The highest BCUT2D eigenvalue weighted by atomic mass is 16.5. The van der Waals surface area contributed by atoms with Crippen molar-refractivity contribution < 1.29 is 4.74 Å². The van der Waals surface area contributed by atoms with Gasteiger partial charge in [0.2, 0.25) is 0 Å². The van der Waals surface area contributed by atoms with Crippen molar-refractivity contribution in [3.8, 4) is 0 Å². The van der Waals surface area contributed by atoms with E-state index in [0.717, 1.165) is 13.0 Å². The van der Waals surface area contributed by atoms with Gasteiger partial charge < -0.3 is 10.1 Å². The molecule has 1 aromatic carbocycles. The average molecular weight is 263 g/mol. The molecule has 0 saturated carbocycles. The fraction of sp³-hybridized carbons (Fsp3) is 0.647. The van der Waals surface area contributed by atoms with E-state index in [2.05, 4.69) is 64.2 Å². The zero-order valence-electron chi connectivity index (χ0n) is 13.0. The molecule has 0 fully saturated rings. The van der Waals surface area contributed by atoms with E-state index in [9.17, 15) is 0 Å². The van der Waals surface area contributed by atoms with Crippen molar-refractivity contribution >= 4 is 0 Å². The van der Waals surface area contributed by atoms with Gasteiger partial charge in [-0.2, -0.15) is 0 Å². The van der Waals surface area contributed by atoms with Gasteiger partial charge in [0.25, 0.3) is 0 Å². The number of benzene rings is 1. The molecular formula is C17H29NO. The molecule has 0 aromatic heterocycles.